The molecule has 0 saturated heterocycles. The first-order valence-corrected chi connectivity index (χ1v) is 9.16. The fourth-order valence-corrected chi connectivity index (χ4v) is 3.84. The minimum absolute atomic E-state index is 0.00767. The molecule has 25 heavy (non-hydrogen) atoms. The van der Waals surface area contributed by atoms with E-state index >= 15 is 0 Å². The van der Waals surface area contributed by atoms with Crippen molar-refractivity contribution in [2.45, 2.75) is 56.1 Å². The summed E-state index contributed by atoms with van der Waals surface area (Å²) in [5.41, 5.74) is -0.766. The third-order valence-electron chi connectivity index (χ3n) is 4.58. The van der Waals surface area contributed by atoms with Crippen LogP contribution in [-0.4, -0.2) is 32.6 Å². The standard InChI is InChI=1S/C16H23F3N2O3S/c1-14(2,25(20)23)9-15(6-3-7-22)10-24-8-12-11(15)4-5-13(21-12)16(17,18)19/h4-5,22H,3,6-10,20H2,1-2H3. The fourth-order valence-electron chi connectivity index (χ4n) is 3.42. The molecule has 0 aliphatic carbocycles. The van der Waals surface area contributed by atoms with Crippen molar-refractivity contribution in [3.8, 4) is 0 Å². The third-order valence-corrected chi connectivity index (χ3v) is 5.81. The van der Waals surface area contributed by atoms with Gasteiger partial charge >= 0.3 is 6.18 Å². The number of aliphatic hydroxyl groups is 1. The molecule has 2 rings (SSSR count). The van der Waals surface area contributed by atoms with Crippen molar-refractivity contribution in [3.05, 3.63) is 29.1 Å². The van der Waals surface area contributed by atoms with E-state index in [9.17, 15) is 22.8 Å². The van der Waals surface area contributed by atoms with Crippen LogP contribution in [0.4, 0.5) is 13.2 Å². The Kier molecular flexibility index (Phi) is 6.05. The molecule has 1 aliphatic rings. The van der Waals surface area contributed by atoms with Crippen LogP contribution in [0.5, 0.6) is 0 Å². The molecular formula is C16H23F3N2O3S. The molecule has 142 valence electrons. The van der Waals surface area contributed by atoms with Crippen molar-refractivity contribution in [1.82, 2.24) is 4.98 Å². The molecule has 0 fully saturated rings. The highest BCUT2D eigenvalue weighted by Gasteiger charge is 2.46. The van der Waals surface area contributed by atoms with Crippen LogP contribution in [0.25, 0.3) is 0 Å². The summed E-state index contributed by atoms with van der Waals surface area (Å²) in [4.78, 5) is 3.74. The van der Waals surface area contributed by atoms with Crippen molar-refractivity contribution in [2.75, 3.05) is 13.2 Å². The molecule has 5 nitrogen and oxygen atoms in total. The number of halogens is 3. The van der Waals surface area contributed by atoms with E-state index in [-0.39, 0.29) is 25.5 Å². The maximum absolute atomic E-state index is 12.9. The second kappa shape index (κ2) is 7.40. The number of nitrogens with zero attached hydrogens (tertiary/aromatic N) is 1. The van der Waals surface area contributed by atoms with Gasteiger partial charge in [0.2, 0.25) is 0 Å². The molecule has 0 aromatic carbocycles. The lowest BCUT2D eigenvalue weighted by Gasteiger charge is -2.42. The number of pyridine rings is 1. The number of fused-ring (bicyclic) bond motifs is 1. The first kappa shape index (κ1) is 20.4. The smallest absolute Gasteiger partial charge is 0.433 e. The van der Waals surface area contributed by atoms with Crippen LogP contribution in [0.1, 0.15) is 50.1 Å². The van der Waals surface area contributed by atoms with Gasteiger partial charge in [0, 0.05) is 29.8 Å². The van der Waals surface area contributed by atoms with E-state index < -0.39 is 33.4 Å². The number of hydrogen-bond acceptors (Lipinski definition) is 5. The Balaban J connectivity index is 2.49. The second-order valence-corrected chi connectivity index (χ2v) is 8.72. The second-order valence-electron chi connectivity index (χ2n) is 7.02. The van der Waals surface area contributed by atoms with Gasteiger partial charge in [0.25, 0.3) is 0 Å². The summed E-state index contributed by atoms with van der Waals surface area (Å²) in [6, 6.07) is 2.39. The van der Waals surface area contributed by atoms with Crippen molar-refractivity contribution >= 4 is 11.4 Å². The summed E-state index contributed by atoms with van der Waals surface area (Å²) in [5.74, 6) is 0. The Bertz CT molecular complexity index is 611. The van der Waals surface area contributed by atoms with Crippen molar-refractivity contribution < 1.29 is 27.6 Å². The first-order chi connectivity index (χ1) is 11.5. The molecule has 0 spiro atoms. The number of nitrogens with two attached hydrogens (primary N) is 1. The summed E-state index contributed by atoms with van der Waals surface area (Å²) in [7, 11) is 0. The van der Waals surface area contributed by atoms with Crippen LogP contribution in [0.2, 0.25) is 0 Å². The number of aliphatic hydroxyl groups excluding tert-OH is 1. The summed E-state index contributed by atoms with van der Waals surface area (Å²) < 4.78 is 55.5. The van der Waals surface area contributed by atoms with E-state index in [1.807, 2.05) is 0 Å². The van der Waals surface area contributed by atoms with Crippen molar-refractivity contribution in [2.24, 2.45) is 5.14 Å². The lowest BCUT2D eigenvalue weighted by molar-refractivity contribution is -0.141. The fraction of sp³-hybridized carbons (Fsp3) is 0.688. The first-order valence-electron chi connectivity index (χ1n) is 7.94. The average molecular weight is 380 g/mol. The SMILES string of the molecule is CC(C)(CC1(CCCO)COCc2nc(C(F)(F)F)ccc21)[S+](N)[O-]. The van der Waals surface area contributed by atoms with Gasteiger partial charge in [-0.15, -0.1) is 0 Å². The van der Waals surface area contributed by atoms with Gasteiger partial charge in [-0.2, -0.15) is 18.3 Å². The molecule has 2 atom stereocenters. The summed E-state index contributed by atoms with van der Waals surface area (Å²) >= 11 is -1.62. The zero-order valence-electron chi connectivity index (χ0n) is 14.2. The van der Waals surface area contributed by atoms with E-state index in [4.69, 9.17) is 9.88 Å². The van der Waals surface area contributed by atoms with E-state index in [2.05, 4.69) is 4.98 Å². The third kappa shape index (κ3) is 4.46. The topological polar surface area (TPSA) is 91.4 Å². The number of alkyl halides is 3. The summed E-state index contributed by atoms with van der Waals surface area (Å²) in [5, 5.41) is 14.8. The maximum atomic E-state index is 12.9. The Hall–Kier alpha value is -0.870. The van der Waals surface area contributed by atoms with Gasteiger partial charge in [-0.3, -0.25) is 0 Å². The molecule has 0 amide bonds. The molecular weight excluding hydrogens is 357 g/mol. The predicted octanol–water partition coefficient (Wildman–Crippen LogP) is 2.43. The molecule has 2 heterocycles. The van der Waals surface area contributed by atoms with Gasteiger partial charge in [-0.1, -0.05) is 6.07 Å². The molecule has 0 saturated carbocycles. The van der Waals surface area contributed by atoms with E-state index in [1.54, 1.807) is 13.8 Å². The Morgan fingerprint density at radius 2 is 2.08 bits per heavy atom. The molecule has 3 N–H and O–H groups in total. The molecule has 9 heteroatoms. The van der Waals surface area contributed by atoms with Gasteiger partial charge in [0.15, 0.2) is 0 Å². The maximum Gasteiger partial charge on any atom is 0.433 e. The zero-order chi connectivity index (χ0) is 18.9. The number of rotatable bonds is 6. The van der Waals surface area contributed by atoms with Crippen LogP contribution < -0.4 is 5.14 Å². The van der Waals surface area contributed by atoms with Gasteiger partial charge in [0.1, 0.15) is 10.4 Å². The minimum Gasteiger partial charge on any atom is -0.598 e. The lowest BCUT2D eigenvalue weighted by Crippen LogP contribution is -2.48. The van der Waals surface area contributed by atoms with Gasteiger partial charge < -0.3 is 14.4 Å². The largest absolute Gasteiger partial charge is 0.598 e. The summed E-state index contributed by atoms with van der Waals surface area (Å²) in [6.07, 6.45) is -3.26. The predicted molar refractivity (Wildman–Crippen MR) is 87.9 cm³/mol. The average Bonchev–Trinajstić information content (AvgIpc) is 2.51. The normalized spacial score (nSPS) is 22.6. The minimum atomic E-state index is -4.53. The molecule has 1 aromatic heterocycles. The molecule has 2 unspecified atom stereocenters. The van der Waals surface area contributed by atoms with Crippen molar-refractivity contribution in [1.29, 1.82) is 0 Å². The number of aromatic nitrogens is 1. The Morgan fingerprint density at radius 3 is 2.64 bits per heavy atom. The van der Waals surface area contributed by atoms with E-state index in [0.717, 1.165) is 6.07 Å². The van der Waals surface area contributed by atoms with Gasteiger partial charge in [-0.05, 0) is 38.3 Å². The van der Waals surface area contributed by atoms with E-state index in [0.29, 0.717) is 24.8 Å². The highest BCUT2D eigenvalue weighted by Crippen LogP contribution is 2.44. The number of ether oxygens (including phenoxy) is 1. The van der Waals surface area contributed by atoms with Crippen LogP contribution in [-0.2, 0) is 34.3 Å². The molecule has 0 bridgehead atoms. The lowest BCUT2D eigenvalue weighted by atomic mass is 9.70. The van der Waals surface area contributed by atoms with Gasteiger partial charge in [0.05, 0.1) is 18.9 Å². The zero-order valence-corrected chi connectivity index (χ0v) is 15.0. The van der Waals surface area contributed by atoms with E-state index in [1.165, 1.54) is 6.07 Å². The molecule has 1 aliphatic heterocycles. The monoisotopic (exact) mass is 380 g/mol. The Morgan fingerprint density at radius 1 is 1.40 bits per heavy atom. The van der Waals surface area contributed by atoms with Crippen LogP contribution in [0.3, 0.4) is 0 Å². The highest BCUT2D eigenvalue weighted by molar-refractivity contribution is 7.90. The Labute approximate surface area is 148 Å². The van der Waals surface area contributed by atoms with Crippen LogP contribution in [0, 0.1) is 0 Å². The highest BCUT2D eigenvalue weighted by atomic mass is 32.2. The number of hydrogen-bond donors (Lipinski definition) is 2. The quantitative estimate of drug-likeness (QED) is 0.740. The molecule has 0 radical (unpaired) electrons. The molecule has 1 aromatic rings. The van der Waals surface area contributed by atoms with Gasteiger partial charge in [-0.25, -0.2) is 4.98 Å². The van der Waals surface area contributed by atoms with Crippen LogP contribution in [0.15, 0.2) is 12.1 Å². The van der Waals surface area contributed by atoms with Crippen molar-refractivity contribution in [3.63, 3.8) is 0 Å². The van der Waals surface area contributed by atoms with Crippen LogP contribution >= 0.6 is 0 Å². The summed E-state index contributed by atoms with van der Waals surface area (Å²) in [6.45, 7) is 3.68.